The summed E-state index contributed by atoms with van der Waals surface area (Å²) < 4.78 is 0. The zero-order valence-corrected chi connectivity index (χ0v) is 17.3. The minimum atomic E-state index is -0.182. The molecule has 0 aliphatic heterocycles. The fourth-order valence-electron chi connectivity index (χ4n) is 3.16. The van der Waals surface area contributed by atoms with Crippen LogP contribution in [0.4, 0.5) is 11.4 Å². The van der Waals surface area contributed by atoms with Crippen molar-refractivity contribution in [1.82, 2.24) is 5.32 Å². The number of nitrogens with one attached hydrogen (secondary N) is 3. The summed E-state index contributed by atoms with van der Waals surface area (Å²) in [6.45, 7) is 4.84. The van der Waals surface area contributed by atoms with Gasteiger partial charge >= 0.3 is 0 Å². The molecule has 0 bridgehead atoms. The maximum Gasteiger partial charge on any atom is 0.251 e. The lowest BCUT2D eigenvalue weighted by Gasteiger charge is -2.14. The van der Waals surface area contributed by atoms with E-state index >= 15 is 0 Å². The molecule has 0 heterocycles. The molecule has 154 valence electrons. The summed E-state index contributed by atoms with van der Waals surface area (Å²) in [6, 6.07) is 24.6. The zero-order valence-electron chi connectivity index (χ0n) is 17.3. The topological polar surface area (TPSA) is 70.2 Å². The Morgan fingerprint density at radius 2 is 1.60 bits per heavy atom. The molecule has 30 heavy (non-hydrogen) atoms. The van der Waals surface area contributed by atoms with Gasteiger partial charge in [-0.25, -0.2) is 0 Å². The van der Waals surface area contributed by atoms with E-state index in [0.717, 1.165) is 11.3 Å². The summed E-state index contributed by atoms with van der Waals surface area (Å²) in [6.07, 6.45) is 0. The Kier molecular flexibility index (Phi) is 7.22. The Labute approximate surface area is 177 Å². The summed E-state index contributed by atoms with van der Waals surface area (Å²) in [5.41, 5.74) is 4.25. The fourth-order valence-corrected chi connectivity index (χ4v) is 3.16. The van der Waals surface area contributed by atoms with Gasteiger partial charge in [0.2, 0.25) is 5.91 Å². The normalized spacial score (nSPS) is 10.5. The fraction of sp³-hybridized carbons (Fsp3) is 0.200. The molecule has 0 atom stereocenters. The van der Waals surface area contributed by atoms with Crippen LogP contribution in [0.3, 0.4) is 0 Å². The molecular weight excluding hydrogens is 374 g/mol. The van der Waals surface area contributed by atoms with Crippen molar-refractivity contribution in [2.24, 2.45) is 0 Å². The molecule has 0 radical (unpaired) electrons. The van der Waals surface area contributed by atoms with Crippen LogP contribution in [-0.2, 0) is 11.3 Å². The molecule has 0 aliphatic carbocycles. The van der Waals surface area contributed by atoms with Crippen molar-refractivity contribution in [1.29, 1.82) is 0 Å². The first kappa shape index (κ1) is 21.1. The number of para-hydroxylation sites is 1. The van der Waals surface area contributed by atoms with E-state index in [9.17, 15) is 9.59 Å². The smallest absolute Gasteiger partial charge is 0.251 e. The van der Waals surface area contributed by atoms with E-state index < -0.39 is 0 Å². The quantitative estimate of drug-likeness (QED) is 0.508. The number of carbonyl (C=O) groups excluding carboxylic acids is 2. The van der Waals surface area contributed by atoms with E-state index in [4.69, 9.17) is 0 Å². The van der Waals surface area contributed by atoms with E-state index in [1.165, 1.54) is 5.56 Å². The van der Waals surface area contributed by atoms with Crippen LogP contribution in [0.5, 0.6) is 0 Å². The highest BCUT2D eigenvalue weighted by Crippen LogP contribution is 2.23. The summed E-state index contributed by atoms with van der Waals surface area (Å²) in [7, 11) is 0. The minimum Gasteiger partial charge on any atom is -0.376 e. The molecule has 0 unspecified atom stereocenters. The van der Waals surface area contributed by atoms with Gasteiger partial charge in [0.25, 0.3) is 5.91 Å². The molecule has 3 aromatic rings. The third-order valence-electron chi connectivity index (χ3n) is 4.73. The van der Waals surface area contributed by atoms with Crippen molar-refractivity contribution in [3.8, 4) is 0 Å². The lowest BCUT2D eigenvalue weighted by molar-refractivity contribution is -0.114. The van der Waals surface area contributed by atoms with Crippen molar-refractivity contribution >= 4 is 23.2 Å². The van der Waals surface area contributed by atoms with Crippen LogP contribution in [0.1, 0.15) is 41.3 Å². The maximum atomic E-state index is 12.4. The summed E-state index contributed by atoms with van der Waals surface area (Å²) in [4.78, 5) is 24.8. The highest BCUT2D eigenvalue weighted by atomic mass is 16.2. The van der Waals surface area contributed by atoms with E-state index in [2.05, 4.69) is 35.9 Å². The predicted octanol–water partition coefficient (Wildman–Crippen LogP) is 4.79. The monoisotopic (exact) mass is 401 g/mol. The van der Waals surface area contributed by atoms with Gasteiger partial charge in [-0.3, -0.25) is 9.59 Å². The van der Waals surface area contributed by atoms with E-state index in [0.29, 0.717) is 23.7 Å². The molecule has 0 spiro atoms. The molecule has 0 aliphatic rings. The summed E-state index contributed by atoms with van der Waals surface area (Å²) in [5.74, 6) is 0.0113. The number of benzene rings is 3. The van der Waals surface area contributed by atoms with Gasteiger partial charge in [0.15, 0.2) is 0 Å². The van der Waals surface area contributed by atoms with Crippen LogP contribution < -0.4 is 16.0 Å². The van der Waals surface area contributed by atoms with Gasteiger partial charge in [-0.15, -0.1) is 0 Å². The van der Waals surface area contributed by atoms with Crippen LogP contribution in [0.2, 0.25) is 0 Å². The summed E-state index contributed by atoms with van der Waals surface area (Å²) in [5, 5.41) is 8.94. The Morgan fingerprint density at radius 1 is 0.867 bits per heavy atom. The molecule has 0 fully saturated rings. The van der Waals surface area contributed by atoms with Crippen molar-refractivity contribution in [3.63, 3.8) is 0 Å². The second kappa shape index (κ2) is 10.3. The van der Waals surface area contributed by atoms with E-state index in [1.807, 2.05) is 48.5 Å². The summed E-state index contributed by atoms with van der Waals surface area (Å²) >= 11 is 0. The van der Waals surface area contributed by atoms with Gasteiger partial charge in [0.05, 0.1) is 6.54 Å². The van der Waals surface area contributed by atoms with Crippen molar-refractivity contribution in [2.45, 2.75) is 26.3 Å². The van der Waals surface area contributed by atoms with Crippen molar-refractivity contribution in [2.75, 3.05) is 17.2 Å². The lowest BCUT2D eigenvalue weighted by atomic mass is 10.0. The molecule has 0 saturated heterocycles. The van der Waals surface area contributed by atoms with Gasteiger partial charge in [0, 0.05) is 23.5 Å². The first-order chi connectivity index (χ1) is 14.5. The second-order valence-electron chi connectivity index (χ2n) is 7.39. The van der Waals surface area contributed by atoms with E-state index in [1.54, 1.807) is 24.3 Å². The number of amides is 2. The first-order valence-corrected chi connectivity index (χ1v) is 10.1. The van der Waals surface area contributed by atoms with Crippen LogP contribution in [0.25, 0.3) is 0 Å². The third kappa shape index (κ3) is 5.95. The number of hydrogen-bond donors (Lipinski definition) is 3. The maximum absolute atomic E-state index is 12.4. The molecule has 3 rings (SSSR count). The van der Waals surface area contributed by atoms with Gasteiger partial charge < -0.3 is 16.0 Å². The highest BCUT2D eigenvalue weighted by molar-refractivity contribution is 5.98. The molecule has 2 amide bonds. The average Bonchev–Trinajstić information content (AvgIpc) is 2.77. The number of carbonyl (C=O) groups is 2. The number of hydrogen-bond acceptors (Lipinski definition) is 3. The van der Waals surface area contributed by atoms with E-state index in [-0.39, 0.29) is 18.4 Å². The molecule has 5 heteroatoms. The molecule has 0 aromatic heterocycles. The Morgan fingerprint density at radius 3 is 2.37 bits per heavy atom. The number of anilines is 2. The standard InChI is InChI=1S/C25H27N3O2/c1-18(2)22-13-6-7-14-23(22)26-17-24(29)28-21-12-8-11-20(15-21)25(30)27-16-19-9-4-3-5-10-19/h3-15,18,26H,16-17H2,1-2H3,(H,27,30)(H,28,29). The highest BCUT2D eigenvalue weighted by Gasteiger charge is 2.10. The average molecular weight is 402 g/mol. The predicted molar refractivity (Wildman–Crippen MR) is 122 cm³/mol. The molecule has 3 aromatic carbocycles. The first-order valence-electron chi connectivity index (χ1n) is 10.1. The molecule has 5 nitrogen and oxygen atoms in total. The van der Waals surface area contributed by atoms with Gasteiger partial charge in [-0.2, -0.15) is 0 Å². The van der Waals surface area contributed by atoms with Gasteiger partial charge in [-0.05, 0) is 41.3 Å². The van der Waals surface area contributed by atoms with Crippen molar-refractivity contribution < 1.29 is 9.59 Å². The van der Waals surface area contributed by atoms with Crippen LogP contribution in [0.15, 0.2) is 78.9 Å². The molecule has 0 saturated carbocycles. The van der Waals surface area contributed by atoms with Crippen LogP contribution in [-0.4, -0.2) is 18.4 Å². The lowest BCUT2D eigenvalue weighted by Crippen LogP contribution is -2.24. The Balaban J connectivity index is 1.55. The van der Waals surface area contributed by atoms with Crippen LogP contribution >= 0.6 is 0 Å². The molecule has 3 N–H and O–H groups in total. The zero-order chi connectivity index (χ0) is 21.3. The Bertz CT molecular complexity index is 1000. The Hall–Kier alpha value is -3.60. The van der Waals surface area contributed by atoms with Gasteiger partial charge in [-0.1, -0.05) is 68.4 Å². The van der Waals surface area contributed by atoms with Crippen molar-refractivity contribution in [3.05, 3.63) is 95.6 Å². The van der Waals surface area contributed by atoms with Gasteiger partial charge in [0.1, 0.15) is 0 Å². The minimum absolute atomic E-state index is 0.147. The SMILES string of the molecule is CC(C)c1ccccc1NCC(=O)Nc1cccc(C(=O)NCc2ccccc2)c1. The third-order valence-corrected chi connectivity index (χ3v) is 4.73. The largest absolute Gasteiger partial charge is 0.376 e. The second-order valence-corrected chi connectivity index (χ2v) is 7.39. The molecular formula is C25H27N3O2. The van der Waals surface area contributed by atoms with Crippen LogP contribution in [0, 0.1) is 0 Å². The number of rotatable bonds is 8.